The molecule has 130 valence electrons. The predicted octanol–water partition coefficient (Wildman–Crippen LogP) is 3.95. The lowest BCUT2D eigenvalue weighted by atomic mass is 10.2. The minimum atomic E-state index is 0.0398. The van der Waals surface area contributed by atoms with Crippen LogP contribution >= 0.6 is 11.3 Å². The molecule has 25 heavy (non-hydrogen) atoms. The highest BCUT2D eigenvalue weighted by Gasteiger charge is 2.30. The van der Waals surface area contributed by atoms with Crippen LogP contribution in [0.1, 0.15) is 29.6 Å². The number of rotatable bonds is 4. The molecular weight excluding hydrogens is 332 g/mol. The van der Waals surface area contributed by atoms with Crippen molar-refractivity contribution in [2.45, 2.75) is 32.4 Å². The van der Waals surface area contributed by atoms with Gasteiger partial charge in [0.15, 0.2) is 0 Å². The minimum absolute atomic E-state index is 0.0398. The zero-order valence-electron chi connectivity index (χ0n) is 14.3. The topological polar surface area (TPSA) is 50.2 Å². The summed E-state index contributed by atoms with van der Waals surface area (Å²) in [4.78, 5) is 20.5. The summed E-state index contributed by atoms with van der Waals surface area (Å²) in [5.74, 6) is 0.980. The van der Waals surface area contributed by atoms with Gasteiger partial charge in [0, 0.05) is 24.5 Å². The minimum Gasteiger partial charge on any atom is -0.336 e. The first kappa shape index (κ1) is 16.1. The van der Waals surface area contributed by atoms with Crippen LogP contribution in [0.5, 0.6) is 0 Å². The molecule has 5 nitrogen and oxygen atoms in total. The van der Waals surface area contributed by atoms with E-state index in [1.165, 1.54) is 4.88 Å². The molecule has 0 spiro atoms. The van der Waals surface area contributed by atoms with Gasteiger partial charge in [-0.05, 0) is 43.3 Å². The van der Waals surface area contributed by atoms with E-state index in [0.717, 1.165) is 42.8 Å². The molecule has 2 aromatic heterocycles. The molecule has 0 unspecified atom stereocenters. The van der Waals surface area contributed by atoms with E-state index in [1.807, 2.05) is 30.0 Å². The Kier molecular flexibility index (Phi) is 4.44. The average molecular weight is 354 g/mol. The van der Waals surface area contributed by atoms with E-state index in [9.17, 15) is 4.79 Å². The maximum atomic E-state index is 12.6. The number of carbonyl (C=O) groups excluding carboxylic acids is 1. The Morgan fingerprint density at radius 1 is 1.32 bits per heavy atom. The second kappa shape index (κ2) is 6.88. The molecule has 1 fully saturated rings. The predicted molar refractivity (Wildman–Crippen MR) is 101 cm³/mol. The van der Waals surface area contributed by atoms with Crippen LogP contribution in [0.2, 0.25) is 0 Å². The summed E-state index contributed by atoms with van der Waals surface area (Å²) < 4.78 is 2.16. The van der Waals surface area contributed by atoms with Gasteiger partial charge in [-0.1, -0.05) is 18.2 Å². The molecule has 0 saturated carbocycles. The van der Waals surface area contributed by atoms with E-state index in [1.54, 1.807) is 11.3 Å². The number of hydrogen-bond donors (Lipinski definition) is 1. The van der Waals surface area contributed by atoms with E-state index in [-0.39, 0.29) is 12.1 Å². The molecule has 0 bridgehead atoms. The van der Waals surface area contributed by atoms with Gasteiger partial charge in [-0.2, -0.15) is 0 Å². The highest BCUT2D eigenvalue weighted by atomic mass is 32.1. The summed E-state index contributed by atoms with van der Waals surface area (Å²) in [7, 11) is 0. The van der Waals surface area contributed by atoms with Crippen LogP contribution in [0.25, 0.3) is 11.0 Å². The number of fused-ring (bicyclic) bond motifs is 1. The number of para-hydroxylation sites is 2. The lowest BCUT2D eigenvalue weighted by Crippen LogP contribution is -2.40. The SMILES string of the molecule is Cc1nc2ccccc2n1CCNC(=O)N1CCC[C@H]1c1cccs1. The van der Waals surface area contributed by atoms with Crippen molar-refractivity contribution in [1.82, 2.24) is 19.8 Å². The summed E-state index contributed by atoms with van der Waals surface area (Å²) in [6, 6.07) is 12.6. The molecule has 4 rings (SSSR count). The third-order valence-corrected chi connectivity index (χ3v) is 5.82. The van der Waals surface area contributed by atoms with Crippen molar-refractivity contribution in [1.29, 1.82) is 0 Å². The zero-order valence-corrected chi connectivity index (χ0v) is 15.1. The van der Waals surface area contributed by atoms with Crippen molar-refractivity contribution in [3.8, 4) is 0 Å². The molecule has 3 aromatic rings. The summed E-state index contributed by atoms with van der Waals surface area (Å²) in [6.07, 6.45) is 2.13. The van der Waals surface area contributed by atoms with E-state index >= 15 is 0 Å². The number of likely N-dealkylation sites (tertiary alicyclic amines) is 1. The summed E-state index contributed by atoms with van der Waals surface area (Å²) in [6.45, 7) is 4.18. The number of aryl methyl sites for hydroxylation is 1. The van der Waals surface area contributed by atoms with Crippen molar-refractivity contribution in [3.63, 3.8) is 0 Å². The van der Waals surface area contributed by atoms with Gasteiger partial charge < -0.3 is 14.8 Å². The highest BCUT2D eigenvalue weighted by Crippen LogP contribution is 2.34. The fraction of sp³-hybridized carbons (Fsp3) is 0.368. The molecule has 3 heterocycles. The number of nitrogens with zero attached hydrogens (tertiary/aromatic N) is 3. The lowest BCUT2D eigenvalue weighted by molar-refractivity contribution is 0.193. The average Bonchev–Trinajstić information content (AvgIpc) is 3.34. The fourth-order valence-corrected chi connectivity index (χ4v) is 4.51. The third kappa shape index (κ3) is 3.14. The van der Waals surface area contributed by atoms with Crippen molar-refractivity contribution in [3.05, 3.63) is 52.5 Å². The van der Waals surface area contributed by atoms with Gasteiger partial charge in [0.1, 0.15) is 5.82 Å². The third-order valence-electron chi connectivity index (χ3n) is 4.84. The molecule has 1 N–H and O–H groups in total. The van der Waals surface area contributed by atoms with Crippen molar-refractivity contribution in [2.75, 3.05) is 13.1 Å². The number of hydrogen-bond acceptors (Lipinski definition) is 3. The van der Waals surface area contributed by atoms with Gasteiger partial charge in [-0.15, -0.1) is 11.3 Å². The number of imidazole rings is 1. The molecule has 1 aliphatic rings. The number of thiophene rings is 1. The van der Waals surface area contributed by atoms with Gasteiger partial charge >= 0.3 is 6.03 Å². The first-order valence-electron chi connectivity index (χ1n) is 8.74. The Hall–Kier alpha value is -2.34. The second-order valence-corrected chi connectivity index (χ2v) is 7.38. The highest BCUT2D eigenvalue weighted by molar-refractivity contribution is 7.10. The first-order chi connectivity index (χ1) is 12.2. The van der Waals surface area contributed by atoms with Gasteiger partial charge in [-0.25, -0.2) is 9.78 Å². The quantitative estimate of drug-likeness (QED) is 0.771. The normalized spacial score (nSPS) is 17.3. The molecule has 1 saturated heterocycles. The van der Waals surface area contributed by atoms with Crippen LogP contribution in [-0.2, 0) is 6.54 Å². The summed E-state index contributed by atoms with van der Waals surface area (Å²) in [5.41, 5.74) is 2.12. The summed E-state index contributed by atoms with van der Waals surface area (Å²) in [5, 5.41) is 5.17. The van der Waals surface area contributed by atoms with Crippen LogP contribution < -0.4 is 5.32 Å². The zero-order chi connectivity index (χ0) is 17.2. The van der Waals surface area contributed by atoms with Crippen LogP contribution in [0.4, 0.5) is 4.79 Å². The van der Waals surface area contributed by atoms with Crippen LogP contribution in [0.3, 0.4) is 0 Å². The Labute approximate surface area is 151 Å². The van der Waals surface area contributed by atoms with Gasteiger partial charge in [0.05, 0.1) is 17.1 Å². The number of benzene rings is 1. The van der Waals surface area contributed by atoms with E-state index in [4.69, 9.17) is 0 Å². The first-order valence-corrected chi connectivity index (χ1v) is 9.62. The lowest BCUT2D eigenvalue weighted by Gasteiger charge is -2.24. The van der Waals surface area contributed by atoms with E-state index in [2.05, 4.69) is 38.4 Å². The smallest absolute Gasteiger partial charge is 0.318 e. The molecule has 1 aromatic carbocycles. The number of urea groups is 1. The maximum absolute atomic E-state index is 12.6. The van der Waals surface area contributed by atoms with E-state index in [0.29, 0.717) is 6.54 Å². The molecule has 1 aliphatic heterocycles. The van der Waals surface area contributed by atoms with Gasteiger partial charge in [-0.3, -0.25) is 0 Å². The Morgan fingerprint density at radius 2 is 2.20 bits per heavy atom. The Bertz CT molecular complexity index is 871. The molecule has 1 atom stereocenters. The summed E-state index contributed by atoms with van der Waals surface area (Å²) >= 11 is 1.73. The Morgan fingerprint density at radius 3 is 3.04 bits per heavy atom. The molecular formula is C19H22N4OS. The second-order valence-electron chi connectivity index (χ2n) is 6.40. The van der Waals surface area contributed by atoms with E-state index < -0.39 is 0 Å². The fourth-order valence-electron chi connectivity index (χ4n) is 3.64. The standard InChI is InChI=1S/C19H22N4OS/c1-14-21-15-6-2-3-7-16(15)22(14)12-10-20-19(24)23-11-4-8-17(23)18-9-5-13-25-18/h2-3,5-7,9,13,17H,4,8,10-12H2,1H3,(H,20,24)/t17-/m0/s1. The monoisotopic (exact) mass is 354 g/mol. The van der Waals surface area contributed by atoms with Crippen molar-refractivity contribution < 1.29 is 4.79 Å². The maximum Gasteiger partial charge on any atom is 0.318 e. The largest absolute Gasteiger partial charge is 0.336 e. The van der Waals surface area contributed by atoms with Gasteiger partial charge in [0.25, 0.3) is 0 Å². The molecule has 0 aliphatic carbocycles. The Balaban J connectivity index is 1.39. The molecule has 6 heteroatoms. The van der Waals surface area contributed by atoms with Crippen molar-refractivity contribution >= 4 is 28.4 Å². The van der Waals surface area contributed by atoms with Crippen LogP contribution in [0.15, 0.2) is 41.8 Å². The number of carbonyl (C=O) groups is 1. The number of amides is 2. The van der Waals surface area contributed by atoms with Gasteiger partial charge in [0.2, 0.25) is 0 Å². The van der Waals surface area contributed by atoms with Crippen molar-refractivity contribution in [2.24, 2.45) is 0 Å². The molecule has 2 amide bonds. The number of nitrogens with one attached hydrogen (secondary N) is 1. The van der Waals surface area contributed by atoms with Crippen LogP contribution in [0, 0.1) is 6.92 Å². The van der Waals surface area contributed by atoms with Crippen LogP contribution in [-0.4, -0.2) is 33.6 Å². The number of aromatic nitrogens is 2. The molecule has 0 radical (unpaired) electrons.